The normalized spacial score (nSPS) is 16.9. The smallest absolute Gasteiger partial charge is 0.422 e. The van der Waals surface area contributed by atoms with E-state index in [1.54, 1.807) is 51.1 Å². The Kier molecular flexibility index (Phi) is 7.26. The summed E-state index contributed by atoms with van der Waals surface area (Å²) in [7, 11) is 0. The fourth-order valence-electron chi connectivity index (χ4n) is 3.46. The van der Waals surface area contributed by atoms with E-state index < -0.39 is 29.5 Å². The molecule has 3 rings (SSSR count). The Balaban J connectivity index is 1.83. The molecule has 1 amide bonds. The standard InChI is InChI=1S/C23H28F3N3O4/c1-22(2,3)33-21(30)28-13-16-14-29(11-12-31-16)20-17(27)9-10-18(19(20)23(24,25)26)32-15-7-5-4-6-8-15/h4-10,16H,11-14,27H2,1-3H3,(H,28,30)/t16-/m0/s1. The molecule has 33 heavy (non-hydrogen) atoms. The molecule has 1 atom stereocenters. The van der Waals surface area contributed by atoms with Gasteiger partial charge in [-0.2, -0.15) is 13.2 Å². The molecule has 180 valence electrons. The molecule has 1 saturated heterocycles. The Bertz CT molecular complexity index is 962. The zero-order valence-electron chi connectivity index (χ0n) is 18.7. The topological polar surface area (TPSA) is 86.1 Å². The predicted molar refractivity (Wildman–Crippen MR) is 119 cm³/mol. The molecule has 0 spiro atoms. The molecule has 0 radical (unpaired) electrons. The number of nitrogens with two attached hydrogens (primary N) is 1. The molecule has 10 heteroatoms. The second-order valence-corrected chi connectivity index (χ2v) is 8.61. The minimum atomic E-state index is -4.71. The summed E-state index contributed by atoms with van der Waals surface area (Å²) >= 11 is 0. The van der Waals surface area contributed by atoms with Crippen molar-refractivity contribution in [2.45, 2.75) is 38.7 Å². The molecule has 3 N–H and O–H groups in total. The fourth-order valence-corrected chi connectivity index (χ4v) is 3.46. The Morgan fingerprint density at radius 1 is 1.18 bits per heavy atom. The number of benzene rings is 2. The van der Waals surface area contributed by atoms with Gasteiger partial charge in [-0.05, 0) is 45.0 Å². The molecule has 0 saturated carbocycles. The maximum absolute atomic E-state index is 14.2. The van der Waals surface area contributed by atoms with Gasteiger partial charge in [0.2, 0.25) is 0 Å². The Morgan fingerprint density at radius 2 is 1.88 bits per heavy atom. The highest BCUT2D eigenvalue weighted by atomic mass is 19.4. The monoisotopic (exact) mass is 467 g/mol. The van der Waals surface area contributed by atoms with Crippen molar-refractivity contribution in [2.24, 2.45) is 0 Å². The average molecular weight is 467 g/mol. The molecule has 2 aromatic carbocycles. The maximum atomic E-state index is 14.2. The molecule has 0 aromatic heterocycles. The third-order valence-corrected chi connectivity index (χ3v) is 4.75. The number of hydrogen-bond acceptors (Lipinski definition) is 6. The lowest BCUT2D eigenvalue weighted by Gasteiger charge is -2.37. The van der Waals surface area contributed by atoms with Crippen molar-refractivity contribution in [1.29, 1.82) is 0 Å². The number of halogens is 3. The number of hydrogen-bond donors (Lipinski definition) is 2. The number of amides is 1. The lowest BCUT2D eigenvalue weighted by Crippen LogP contribution is -2.48. The summed E-state index contributed by atoms with van der Waals surface area (Å²) in [5, 5.41) is 2.59. The maximum Gasteiger partial charge on any atom is 0.422 e. The van der Waals surface area contributed by atoms with Crippen molar-refractivity contribution in [3.05, 3.63) is 48.0 Å². The van der Waals surface area contributed by atoms with E-state index in [1.807, 2.05) is 0 Å². The van der Waals surface area contributed by atoms with E-state index in [0.717, 1.165) is 0 Å². The van der Waals surface area contributed by atoms with E-state index in [1.165, 1.54) is 17.0 Å². The summed E-state index contributed by atoms with van der Waals surface area (Å²) in [4.78, 5) is 13.4. The summed E-state index contributed by atoms with van der Waals surface area (Å²) in [6.07, 6.45) is -5.89. The Hall–Kier alpha value is -3.14. The largest absolute Gasteiger partial charge is 0.457 e. The van der Waals surface area contributed by atoms with Crippen LogP contribution in [0, 0.1) is 0 Å². The molecular formula is C23H28F3N3O4. The van der Waals surface area contributed by atoms with Gasteiger partial charge < -0.3 is 30.2 Å². The van der Waals surface area contributed by atoms with Crippen molar-refractivity contribution >= 4 is 17.5 Å². The first kappa shape index (κ1) is 24.5. The van der Waals surface area contributed by atoms with Gasteiger partial charge >= 0.3 is 12.3 Å². The first-order chi connectivity index (χ1) is 15.4. The van der Waals surface area contributed by atoms with Gasteiger partial charge in [0.25, 0.3) is 0 Å². The summed E-state index contributed by atoms with van der Waals surface area (Å²) in [6.45, 7) is 5.74. The van der Waals surface area contributed by atoms with Gasteiger partial charge in [0.1, 0.15) is 22.7 Å². The number of carbonyl (C=O) groups is 1. The third-order valence-electron chi connectivity index (χ3n) is 4.75. The number of nitrogen functional groups attached to an aromatic ring is 1. The van der Waals surface area contributed by atoms with E-state index >= 15 is 0 Å². The first-order valence-electron chi connectivity index (χ1n) is 10.5. The van der Waals surface area contributed by atoms with Crippen LogP contribution in [0.1, 0.15) is 26.3 Å². The van der Waals surface area contributed by atoms with Gasteiger partial charge in [-0.15, -0.1) is 0 Å². The van der Waals surface area contributed by atoms with Crippen molar-refractivity contribution in [3.8, 4) is 11.5 Å². The van der Waals surface area contributed by atoms with Crippen LogP contribution < -0.4 is 20.7 Å². The lowest BCUT2D eigenvalue weighted by atomic mass is 10.1. The zero-order chi connectivity index (χ0) is 24.2. The number of nitrogens with zero attached hydrogens (tertiary/aromatic N) is 1. The Morgan fingerprint density at radius 3 is 2.52 bits per heavy atom. The van der Waals surface area contributed by atoms with E-state index in [-0.39, 0.29) is 49.1 Å². The van der Waals surface area contributed by atoms with Crippen LogP contribution in [-0.4, -0.2) is 44.0 Å². The van der Waals surface area contributed by atoms with Gasteiger partial charge in [-0.3, -0.25) is 0 Å². The van der Waals surface area contributed by atoms with Crippen LogP contribution in [0.3, 0.4) is 0 Å². The fraction of sp³-hybridized carbons (Fsp3) is 0.435. The van der Waals surface area contributed by atoms with Gasteiger partial charge in [0.15, 0.2) is 0 Å². The molecule has 2 aromatic rings. The van der Waals surface area contributed by atoms with E-state index in [9.17, 15) is 18.0 Å². The van der Waals surface area contributed by atoms with Crippen LogP contribution in [0.2, 0.25) is 0 Å². The number of nitrogens with one attached hydrogen (secondary N) is 1. The highest BCUT2D eigenvalue weighted by Gasteiger charge is 2.41. The van der Waals surface area contributed by atoms with Crippen LogP contribution in [0.5, 0.6) is 11.5 Å². The second-order valence-electron chi connectivity index (χ2n) is 8.61. The van der Waals surface area contributed by atoms with Crippen molar-refractivity contribution in [1.82, 2.24) is 5.32 Å². The number of carbonyl (C=O) groups excluding carboxylic acids is 1. The first-order valence-corrected chi connectivity index (χ1v) is 10.5. The summed E-state index contributed by atoms with van der Waals surface area (Å²) < 4.78 is 59.0. The van der Waals surface area contributed by atoms with Crippen LogP contribution in [0.25, 0.3) is 0 Å². The Labute approximate surface area is 190 Å². The molecule has 1 aliphatic rings. The van der Waals surface area contributed by atoms with Crippen LogP contribution >= 0.6 is 0 Å². The quantitative estimate of drug-likeness (QED) is 0.614. The summed E-state index contributed by atoms with van der Waals surface area (Å²) in [5.41, 5.74) is 4.21. The number of morpholine rings is 1. The minimum absolute atomic E-state index is 0.0245. The van der Waals surface area contributed by atoms with Crippen LogP contribution in [-0.2, 0) is 15.7 Å². The van der Waals surface area contributed by atoms with Crippen LogP contribution in [0.4, 0.5) is 29.3 Å². The molecule has 0 bridgehead atoms. The SMILES string of the molecule is CC(C)(C)OC(=O)NC[C@H]1CN(c2c(N)ccc(Oc3ccccc3)c2C(F)(F)F)CCO1. The lowest BCUT2D eigenvalue weighted by molar-refractivity contribution is -0.138. The molecule has 1 heterocycles. The van der Waals surface area contributed by atoms with Gasteiger partial charge in [0.05, 0.1) is 24.1 Å². The third kappa shape index (κ3) is 6.67. The molecular weight excluding hydrogens is 439 g/mol. The zero-order valence-corrected chi connectivity index (χ0v) is 18.7. The number of anilines is 2. The highest BCUT2D eigenvalue weighted by Crippen LogP contribution is 2.47. The van der Waals surface area contributed by atoms with Gasteiger partial charge in [-0.25, -0.2) is 4.79 Å². The minimum Gasteiger partial charge on any atom is -0.457 e. The number of para-hydroxylation sites is 1. The van der Waals surface area contributed by atoms with E-state index in [2.05, 4.69) is 5.32 Å². The van der Waals surface area contributed by atoms with Gasteiger partial charge in [0, 0.05) is 19.6 Å². The number of rotatable bonds is 5. The van der Waals surface area contributed by atoms with E-state index in [0.29, 0.717) is 0 Å². The molecule has 1 aliphatic heterocycles. The number of alkyl halides is 3. The average Bonchev–Trinajstić information content (AvgIpc) is 2.72. The number of ether oxygens (including phenoxy) is 3. The van der Waals surface area contributed by atoms with Crippen molar-refractivity contribution in [2.75, 3.05) is 36.9 Å². The van der Waals surface area contributed by atoms with E-state index in [4.69, 9.17) is 19.9 Å². The van der Waals surface area contributed by atoms with Crippen LogP contribution in [0.15, 0.2) is 42.5 Å². The summed E-state index contributed by atoms with van der Waals surface area (Å²) in [6, 6.07) is 10.8. The molecule has 1 fully saturated rings. The molecule has 0 unspecified atom stereocenters. The molecule has 0 aliphatic carbocycles. The van der Waals surface area contributed by atoms with Gasteiger partial charge in [-0.1, -0.05) is 18.2 Å². The predicted octanol–water partition coefficient (Wildman–Crippen LogP) is 4.81. The van der Waals surface area contributed by atoms with Crippen molar-refractivity contribution < 1.29 is 32.2 Å². The highest BCUT2D eigenvalue weighted by molar-refractivity contribution is 5.76. The molecule has 7 nitrogen and oxygen atoms in total. The summed E-state index contributed by atoms with van der Waals surface area (Å²) in [5.74, 6) is -0.0621. The number of alkyl carbamates (subject to hydrolysis) is 1. The van der Waals surface area contributed by atoms with Crippen molar-refractivity contribution in [3.63, 3.8) is 0 Å². The second kappa shape index (κ2) is 9.78.